The minimum Gasteiger partial charge on any atom is -0.348 e. The van der Waals surface area contributed by atoms with Gasteiger partial charge in [-0.05, 0) is 55.6 Å². The Kier molecular flexibility index (Phi) is 5.72. The van der Waals surface area contributed by atoms with Gasteiger partial charge in [-0.25, -0.2) is 0 Å². The lowest BCUT2D eigenvalue weighted by molar-refractivity contribution is -0.117. The molecule has 1 N–H and O–H groups in total. The molecular formula is C23H27N3O2. The normalized spacial score (nSPS) is 20.4. The standard InChI is InChI=1S/C23H27N3O2/c27-22-9-5-15-26(22)21-12-10-19(11-13-21)23(28)24-20-8-4-14-25(17-20)16-18-6-2-1-3-7-18/h1-3,6-7,10-13,20H,4-5,8-9,14-17H2,(H,24,28). The largest absolute Gasteiger partial charge is 0.348 e. The summed E-state index contributed by atoms with van der Waals surface area (Å²) in [6, 6.07) is 18.0. The lowest BCUT2D eigenvalue weighted by atomic mass is 10.0. The van der Waals surface area contributed by atoms with Crippen LogP contribution in [0.1, 0.15) is 41.6 Å². The third kappa shape index (κ3) is 4.42. The van der Waals surface area contributed by atoms with E-state index in [2.05, 4.69) is 34.5 Å². The number of carbonyl (C=O) groups is 2. The number of rotatable bonds is 5. The van der Waals surface area contributed by atoms with Crippen LogP contribution in [0.15, 0.2) is 54.6 Å². The molecule has 1 unspecified atom stereocenters. The maximum atomic E-state index is 12.7. The van der Waals surface area contributed by atoms with Crippen molar-refractivity contribution >= 4 is 17.5 Å². The Balaban J connectivity index is 1.33. The van der Waals surface area contributed by atoms with Gasteiger partial charge in [0.25, 0.3) is 5.91 Å². The summed E-state index contributed by atoms with van der Waals surface area (Å²) >= 11 is 0. The molecule has 5 heteroatoms. The van der Waals surface area contributed by atoms with Crippen LogP contribution in [0.4, 0.5) is 5.69 Å². The fourth-order valence-electron chi connectivity index (χ4n) is 4.14. The van der Waals surface area contributed by atoms with Crippen molar-refractivity contribution < 1.29 is 9.59 Å². The number of hydrogen-bond donors (Lipinski definition) is 1. The van der Waals surface area contributed by atoms with Crippen LogP contribution in [0.25, 0.3) is 0 Å². The molecule has 2 heterocycles. The molecule has 0 aliphatic carbocycles. The van der Waals surface area contributed by atoms with Gasteiger partial charge < -0.3 is 10.2 Å². The van der Waals surface area contributed by atoms with E-state index < -0.39 is 0 Å². The van der Waals surface area contributed by atoms with Crippen LogP contribution >= 0.6 is 0 Å². The van der Waals surface area contributed by atoms with Gasteiger partial charge in [0.15, 0.2) is 0 Å². The first-order chi connectivity index (χ1) is 13.7. The number of benzene rings is 2. The summed E-state index contributed by atoms with van der Waals surface area (Å²) in [6.45, 7) is 3.64. The van der Waals surface area contributed by atoms with Crippen LogP contribution in [-0.2, 0) is 11.3 Å². The van der Waals surface area contributed by atoms with Crippen LogP contribution in [-0.4, -0.2) is 42.4 Å². The van der Waals surface area contributed by atoms with E-state index in [0.29, 0.717) is 12.0 Å². The fourth-order valence-corrected chi connectivity index (χ4v) is 4.14. The molecule has 2 saturated heterocycles. The fraction of sp³-hybridized carbons (Fsp3) is 0.391. The van der Waals surface area contributed by atoms with Crippen molar-refractivity contribution in [2.45, 2.75) is 38.3 Å². The zero-order chi connectivity index (χ0) is 19.3. The Bertz CT molecular complexity index is 820. The zero-order valence-electron chi connectivity index (χ0n) is 16.1. The lowest BCUT2D eigenvalue weighted by Gasteiger charge is -2.33. The zero-order valence-corrected chi connectivity index (χ0v) is 16.1. The van der Waals surface area contributed by atoms with E-state index in [-0.39, 0.29) is 17.9 Å². The Morgan fingerprint density at radius 1 is 1.00 bits per heavy atom. The van der Waals surface area contributed by atoms with E-state index in [0.717, 1.165) is 51.1 Å². The molecule has 0 spiro atoms. The molecule has 1 atom stereocenters. The van der Waals surface area contributed by atoms with Gasteiger partial charge in [0.1, 0.15) is 0 Å². The lowest BCUT2D eigenvalue weighted by Crippen LogP contribution is -2.47. The van der Waals surface area contributed by atoms with E-state index in [4.69, 9.17) is 0 Å². The van der Waals surface area contributed by atoms with Crippen molar-refractivity contribution in [1.82, 2.24) is 10.2 Å². The Morgan fingerprint density at radius 2 is 1.79 bits per heavy atom. The molecule has 2 aromatic rings. The molecule has 2 aromatic carbocycles. The molecule has 2 amide bonds. The molecule has 2 aliphatic heterocycles. The number of amides is 2. The molecule has 0 saturated carbocycles. The van der Waals surface area contributed by atoms with Crippen molar-refractivity contribution in [2.75, 3.05) is 24.5 Å². The highest BCUT2D eigenvalue weighted by Crippen LogP contribution is 2.22. The maximum Gasteiger partial charge on any atom is 0.251 e. The van der Waals surface area contributed by atoms with Gasteiger partial charge in [-0.2, -0.15) is 0 Å². The van der Waals surface area contributed by atoms with Crippen LogP contribution < -0.4 is 10.2 Å². The quantitative estimate of drug-likeness (QED) is 0.871. The van der Waals surface area contributed by atoms with Gasteiger partial charge in [-0.15, -0.1) is 0 Å². The molecule has 146 valence electrons. The molecule has 4 rings (SSSR count). The SMILES string of the molecule is O=C(NC1CCCN(Cc2ccccc2)C1)c1ccc(N2CCCC2=O)cc1. The van der Waals surface area contributed by atoms with E-state index >= 15 is 0 Å². The summed E-state index contributed by atoms with van der Waals surface area (Å²) in [7, 11) is 0. The monoisotopic (exact) mass is 377 g/mol. The highest BCUT2D eigenvalue weighted by atomic mass is 16.2. The van der Waals surface area contributed by atoms with Crippen molar-refractivity contribution in [2.24, 2.45) is 0 Å². The number of nitrogens with zero attached hydrogens (tertiary/aromatic N) is 2. The van der Waals surface area contributed by atoms with Gasteiger partial charge in [-0.1, -0.05) is 30.3 Å². The maximum absolute atomic E-state index is 12.7. The van der Waals surface area contributed by atoms with Crippen LogP contribution in [0.5, 0.6) is 0 Å². The van der Waals surface area contributed by atoms with Gasteiger partial charge in [0.05, 0.1) is 0 Å². The number of carbonyl (C=O) groups excluding carboxylic acids is 2. The Morgan fingerprint density at radius 3 is 2.50 bits per heavy atom. The predicted molar refractivity (Wildman–Crippen MR) is 110 cm³/mol. The summed E-state index contributed by atoms with van der Waals surface area (Å²) in [5.74, 6) is 0.128. The second kappa shape index (κ2) is 8.57. The second-order valence-corrected chi connectivity index (χ2v) is 7.73. The molecule has 28 heavy (non-hydrogen) atoms. The number of hydrogen-bond acceptors (Lipinski definition) is 3. The van der Waals surface area contributed by atoms with Crippen molar-refractivity contribution in [3.63, 3.8) is 0 Å². The minimum atomic E-state index is -0.0362. The third-order valence-corrected chi connectivity index (χ3v) is 5.60. The van der Waals surface area contributed by atoms with E-state index in [1.54, 1.807) is 4.90 Å². The molecule has 2 aliphatic rings. The number of nitrogens with one attached hydrogen (secondary N) is 1. The molecule has 0 radical (unpaired) electrons. The average molecular weight is 377 g/mol. The highest BCUT2D eigenvalue weighted by Gasteiger charge is 2.23. The highest BCUT2D eigenvalue weighted by molar-refractivity contribution is 5.97. The summed E-state index contributed by atoms with van der Waals surface area (Å²) in [5, 5.41) is 3.19. The van der Waals surface area contributed by atoms with Crippen molar-refractivity contribution in [1.29, 1.82) is 0 Å². The summed E-state index contributed by atoms with van der Waals surface area (Å²) < 4.78 is 0. The summed E-state index contributed by atoms with van der Waals surface area (Å²) in [6.07, 6.45) is 3.62. The Hall–Kier alpha value is -2.66. The molecular weight excluding hydrogens is 350 g/mol. The summed E-state index contributed by atoms with van der Waals surface area (Å²) in [4.78, 5) is 28.7. The number of likely N-dealkylation sites (tertiary alicyclic amines) is 1. The molecule has 5 nitrogen and oxygen atoms in total. The smallest absolute Gasteiger partial charge is 0.251 e. The van der Waals surface area contributed by atoms with Gasteiger partial charge in [0.2, 0.25) is 5.91 Å². The first-order valence-electron chi connectivity index (χ1n) is 10.2. The second-order valence-electron chi connectivity index (χ2n) is 7.73. The average Bonchev–Trinajstić information content (AvgIpc) is 3.15. The first-order valence-corrected chi connectivity index (χ1v) is 10.2. The van der Waals surface area contributed by atoms with Crippen molar-refractivity contribution in [3.8, 4) is 0 Å². The van der Waals surface area contributed by atoms with Crippen LogP contribution in [0, 0.1) is 0 Å². The topological polar surface area (TPSA) is 52.7 Å². The third-order valence-electron chi connectivity index (χ3n) is 5.60. The molecule has 0 bridgehead atoms. The van der Waals surface area contributed by atoms with E-state index in [9.17, 15) is 9.59 Å². The molecule has 0 aromatic heterocycles. The van der Waals surface area contributed by atoms with Gasteiger partial charge >= 0.3 is 0 Å². The van der Waals surface area contributed by atoms with Crippen molar-refractivity contribution in [3.05, 3.63) is 65.7 Å². The predicted octanol–water partition coefficient (Wildman–Crippen LogP) is 3.21. The Labute approximate surface area is 166 Å². The van der Waals surface area contributed by atoms with Crippen LogP contribution in [0.3, 0.4) is 0 Å². The van der Waals surface area contributed by atoms with Crippen LogP contribution in [0.2, 0.25) is 0 Å². The summed E-state index contributed by atoms with van der Waals surface area (Å²) in [5.41, 5.74) is 2.84. The number of anilines is 1. The van der Waals surface area contributed by atoms with Gasteiger partial charge in [-0.3, -0.25) is 14.5 Å². The van der Waals surface area contributed by atoms with E-state index in [1.807, 2.05) is 30.3 Å². The van der Waals surface area contributed by atoms with Gasteiger partial charge in [0, 0.05) is 43.3 Å². The molecule has 2 fully saturated rings. The number of piperidine rings is 1. The van der Waals surface area contributed by atoms with E-state index in [1.165, 1.54) is 5.56 Å². The minimum absolute atomic E-state index is 0.0362. The first kappa shape index (κ1) is 18.7.